The first kappa shape index (κ1) is 14.6. The van der Waals surface area contributed by atoms with E-state index in [-0.39, 0.29) is 0 Å². The molecule has 0 spiro atoms. The minimum Gasteiger partial charge on any atom is -0.340 e. The fourth-order valence-electron chi connectivity index (χ4n) is 2.71. The van der Waals surface area contributed by atoms with E-state index >= 15 is 0 Å². The molecule has 2 aromatic rings. The number of nitrogens with zero attached hydrogens (tertiary/aromatic N) is 4. The smallest absolute Gasteiger partial charge is 0.223 e. The fraction of sp³-hybridized carbons (Fsp3) is 0.643. The molecule has 1 fully saturated rings. The normalized spacial score (nSPS) is 20.0. The number of piperidine rings is 1. The Labute approximate surface area is 128 Å². The molecule has 0 saturated carbocycles. The molecule has 7 heteroatoms. The van der Waals surface area contributed by atoms with Gasteiger partial charge in [-0.15, -0.1) is 11.3 Å². The summed E-state index contributed by atoms with van der Waals surface area (Å²) in [6.45, 7) is 7.62. The minimum atomic E-state index is 0.508. The van der Waals surface area contributed by atoms with Gasteiger partial charge in [-0.1, -0.05) is 5.16 Å². The number of thiazole rings is 1. The predicted molar refractivity (Wildman–Crippen MR) is 81.0 cm³/mol. The highest BCUT2D eigenvalue weighted by molar-refractivity contribution is 7.09. The molecule has 1 atom stereocenters. The van der Waals surface area contributed by atoms with Gasteiger partial charge in [0, 0.05) is 31.4 Å². The van der Waals surface area contributed by atoms with Crippen LogP contribution in [0, 0.1) is 13.8 Å². The molecule has 1 N–H and O–H groups in total. The van der Waals surface area contributed by atoms with E-state index in [0.29, 0.717) is 11.9 Å². The third-order valence-electron chi connectivity index (χ3n) is 3.68. The van der Waals surface area contributed by atoms with E-state index in [1.807, 2.05) is 13.8 Å². The van der Waals surface area contributed by atoms with Crippen LogP contribution in [0.2, 0.25) is 0 Å². The lowest BCUT2D eigenvalue weighted by molar-refractivity contribution is 0.177. The van der Waals surface area contributed by atoms with E-state index in [4.69, 9.17) is 4.52 Å². The van der Waals surface area contributed by atoms with Crippen molar-refractivity contribution < 1.29 is 4.52 Å². The Hall–Kier alpha value is -1.31. The molecule has 114 valence electrons. The topological polar surface area (TPSA) is 67.1 Å². The van der Waals surface area contributed by atoms with Crippen LogP contribution >= 0.6 is 11.3 Å². The maximum absolute atomic E-state index is 5.03. The zero-order chi connectivity index (χ0) is 14.7. The summed E-state index contributed by atoms with van der Waals surface area (Å²) in [5.74, 6) is 1.42. The van der Waals surface area contributed by atoms with Crippen molar-refractivity contribution in [3.05, 3.63) is 27.8 Å². The zero-order valence-corrected chi connectivity index (χ0v) is 13.3. The van der Waals surface area contributed by atoms with Crippen LogP contribution in [-0.4, -0.2) is 39.2 Å². The summed E-state index contributed by atoms with van der Waals surface area (Å²) in [5, 5.41) is 10.8. The van der Waals surface area contributed by atoms with Crippen LogP contribution in [0.25, 0.3) is 0 Å². The molecular weight excluding hydrogens is 286 g/mol. The first-order valence-corrected chi connectivity index (χ1v) is 8.23. The highest BCUT2D eigenvalue weighted by Crippen LogP contribution is 2.14. The predicted octanol–water partition coefficient (Wildman–Crippen LogP) is 1.90. The van der Waals surface area contributed by atoms with Gasteiger partial charge in [0.25, 0.3) is 0 Å². The van der Waals surface area contributed by atoms with Crippen molar-refractivity contribution in [3.8, 4) is 0 Å². The second-order valence-corrected chi connectivity index (χ2v) is 6.60. The van der Waals surface area contributed by atoms with Crippen LogP contribution in [0.15, 0.2) is 9.90 Å². The van der Waals surface area contributed by atoms with Gasteiger partial charge in [0.15, 0.2) is 5.82 Å². The number of aryl methyl sites for hydroxylation is 2. The van der Waals surface area contributed by atoms with Crippen molar-refractivity contribution in [2.75, 3.05) is 13.1 Å². The van der Waals surface area contributed by atoms with Crippen molar-refractivity contribution in [1.82, 2.24) is 25.3 Å². The summed E-state index contributed by atoms with van der Waals surface area (Å²) >= 11 is 1.71. The third kappa shape index (κ3) is 4.09. The molecule has 2 aromatic heterocycles. The van der Waals surface area contributed by atoms with Gasteiger partial charge >= 0.3 is 0 Å². The molecule has 3 rings (SSSR count). The van der Waals surface area contributed by atoms with Crippen molar-refractivity contribution in [2.45, 2.75) is 45.8 Å². The Bertz CT molecular complexity index is 581. The van der Waals surface area contributed by atoms with E-state index in [9.17, 15) is 0 Å². The summed E-state index contributed by atoms with van der Waals surface area (Å²) in [6.07, 6.45) is 2.41. The summed E-state index contributed by atoms with van der Waals surface area (Å²) in [4.78, 5) is 11.2. The molecule has 0 bridgehead atoms. The molecule has 0 aromatic carbocycles. The summed E-state index contributed by atoms with van der Waals surface area (Å²) in [6, 6.07) is 0.508. The standard InChI is InChI=1S/C14H21N5OS/c1-10-16-14(18-20-10)8-19-5-3-4-12(7-19)15-6-13-9-21-11(2)17-13/h9,12,15H,3-8H2,1-2H3/t12-/m1/s1. The molecule has 1 saturated heterocycles. The number of aromatic nitrogens is 3. The van der Waals surface area contributed by atoms with Gasteiger partial charge in [0.2, 0.25) is 5.89 Å². The lowest BCUT2D eigenvalue weighted by atomic mass is 10.1. The minimum absolute atomic E-state index is 0.508. The van der Waals surface area contributed by atoms with Gasteiger partial charge in [0.1, 0.15) is 0 Å². The van der Waals surface area contributed by atoms with Gasteiger partial charge in [0.05, 0.1) is 17.2 Å². The van der Waals surface area contributed by atoms with Crippen molar-refractivity contribution in [2.24, 2.45) is 0 Å². The SMILES string of the molecule is Cc1nc(CN2CCC[C@@H](NCc3csc(C)n3)C2)no1. The monoisotopic (exact) mass is 307 g/mol. The van der Waals surface area contributed by atoms with Crippen LogP contribution in [0.4, 0.5) is 0 Å². The van der Waals surface area contributed by atoms with Gasteiger partial charge < -0.3 is 9.84 Å². The number of likely N-dealkylation sites (tertiary alicyclic amines) is 1. The van der Waals surface area contributed by atoms with Crippen LogP contribution in [0.5, 0.6) is 0 Å². The molecule has 0 amide bonds. The summed E-state index contributed by atoms with van der Waals surface area (Å²) in [7, 11) is 0. The molecule has 21 heavy (non-hydrogen) atoms. The number of rotatable bonds is 5. The van der Waals surface area contributed by atoms with Gasteiger partial charge in [-0.2, -0.15) is 4.98 Å². The van der Waals surface area contributed by atoms with Crippen molar-refractivity contribution in [3.63, 3.8) is 0 Å². The molecule has 1 aliphatic rings. The second kappa shape index (κ2) is 6.64. The van der Waals surface area contributed by atoms with Gasteiger partial charge in [-0.3, -0.25) is 4.90 Å². The average molecular weight is 307 g/mol. The Morgan fingerprint density at radius 2 is 2.33 bits per heavy atom. The zero-order valence-electron chi connectivity index (χ0n) is 12.5. The Morgan fingerprint density at radius 1 is 1.43 bits per heavy atom. The van der Waals surface area contributed by atoms with Crippen LogP contribution in [0.3, 0.4) is 0 Å². The molecule has 0 radical (unpaired) electrons. The first-order chi connectivity index (χ1) is 10.2. The molecule has 6 nitrogen and oxygen atoms in total. The molecule has 0 aliphatic carbocycles. The Kier molecular flexibility index (Phi) is 4.62. The molecular formula is C14H21N5OS. The summed E-state index contributed by atoms with van der Waals surface area (Å²) < 4.78 is 5.03. The summed E-state index contributed by atoms with van der Waals surface area (Å²) in [5.41, 5.74) is 1.14. The lowest BCUT2D eigenvalue weighted by Crippen LogP contribution is -2.45. The first-order valence-electron chi connectivity index (χ1n) is 7.35. The van der Waals surface area contributed by atoms with Crippen LogP contribution in [0.1, 0.15) is 35.3 Å². The molecule has 3 heterocycles. The van der Waals surface area contributed by atoms with Crippen molar-refractivity contribution >= 4 is 11.3 Å². The van der Waals surface area contributed by atoms with E-state index in [1.54, 1.807) is 11.3 Å². The largest absolute Gasteiger partial charge is 0.340 e. The highest BCUT2D eigenvalue weighted by Gasteiger charge is 2.21. The molecule has 1 aliphatic heterocycles. The molecule has 0 unspecified atom stereocenters. The fourth-order valence-corrected chi connectivity index (χ4v) is 3.32. The Morgan fingerprint density at radius 3 is 3.05 bits per heavy atom. The van der Waals surface area contributed by atoms with Crippen LogP contribution in [-0.2, 0) is 13.1 Å². The van der Waals surface area contributed by atoms with E-state index in [0.717, 1.165) is 42.7 Å². The quantitative estimate of drug-likeness (QED) is 0.910. The highest BCUT2D eigenvalue weighted by atomic mass is 32.1. The lowest BCUT2D eigenvalue weighted by Gasteiger charge is -2.32. The van der Waals surface area contributed by atoms with E-state index in [2.05, 4.69) is 30.7 Å². The maximum atomic E-state index is 5.03. The maximum Gasteiger partial charge on any atom is 0.223 e. The average Bonchev–Trinajstić information content (AvgIpc) is 3.06. The Balaban J connectivity index is 1.48. The van der Waals surface area contributed by atoms with E-state index < -0.39 is 0 Å². The van der Waals surface area contributed by atoms with Crippen molar-refractivity contribution in [1.29, 1.82) is 0 Å². The van der Waals surface area contributed by atoms with Crippen LogP contribution < -0.4 is 5.32 Å². The number of nitrogens with one attached hydrogen (secondary N) is 1. The number of hydrogen-bond acceptors (Lipinski definition) is 7. The van der Waals surface area contributed by atoms with Gasteiger partial charge in [-0.25, -0.2) is 4.98 Å². The van der Waals surface area contributed by atoms with Gasteiger partial charge in [-0.05, 0) is 26.3 Å². The second-order valence-electron chi connectivity index (χ2n) is 5.54. The third-order valence-corrected chi connectivity index (χ3v) is 4.50. The number of hydrogen-bond donors (Lipinski definition) is 1. The van der Waals surface area contributed by atoms with E-state index in [1.165, 1.54) is 12.8 Å².